The van der Waals surface area contributed by atoms with Gasteiger partial charge in [-0.1, -0.05) is 25.1 Å². The number of nitriles is 1. The molecule has 0 bridgehead atoms. The maximum absolute atomic E-state index is 12.2. The van der Waals surface area contributed by atoms with Crippen molar-refractivity contribution >= 4 is 28.4 Å². The molecular weight excluding hydrogens is 382 g/mol. The number of rotatable bonds is 8. The van der Waals surface area contributed by atoms with E-state index in [9.17, 15) is 20.3 Å². The van der Waals surface area contributed by atoms with E-state index in [0.29, 0.717) is 11.6 Å². The summed E-state index contributed by atoms with van der Waals surface area (Å²) in [6.07, 6.45) is 1.19. The summed E-state index contributed by atoms with van der Waals surface area (Å²) in [5.41, 5.74) is 1.82. The molecule has 0 spiro atoms. The molecule has 4 N–H and O–H groups in total. The van der Waals surface area contributed by atoms with Gasteiger partial charge in [-0.05, 0) is 53.5 Å². The van der Waals surface area contributed by atoms with Crippen molar-refractivity contribution in [2.24, 2.45) is 0 Å². The van der Waals surface area contributed by atoms with Crippen molar-refractivity contribution < 1.29 is 20.1 Å². The van der Waals surface area contributed by atoms with E-state index in [0.717, 1.165) is 23.7 Å². The molecular formula is C23H27N3O4. The van der Waals surface area contributed by atoms with Crippen LogP contribution in [0.3, 0.4) is 0 Å². The van der Waals surface area contributed by atoms with Gasteiger partial charge in [0, 0.05) is 24.8 Å². The van der Waals surface area contributed by atoms with E-state index in [2.05, 4.69) is 29.3 Å². The normalized spacial score (nSPS) is 18.4. The van der Waals surface area contributed by atoms with E-state index in [-0.39, 0.29) is 12.1 Å². The lowest BCUT2D eigenvalue weighted by Crippen LogP contribution is -2.47. The molecule has 7 heteroatoms. The summed E-state index contributed by atoms with van der Waals surface area (Å²) < 4.78 is 0. The predicted molar refractivity (Wildman–Crippen MR) is 116 cm³/mol. The second-order valence-electron chi connectivity index (χ2n) is 7.53. The number of benzene rings is 2. The fourth-order valence-corrected chi connectivity index (χ4v) is 3.59. The number of nitrogens with one attached hydrogen (secondary N) is 1. The minimum Gasteiger partial charge on any atom is -0.394 e. The average molecular weight is 409 g/mol. The molecule has 1 aliphatic heterocycles. The van der Waals surface area contributed by atoms with Gasteiger partial charge in [-0.3, -0.25) is 4.79 Å². The Labute approximate surface area is 175 Å². The largest absolute Gasteiger partial charge is 0.394 e. The van der Waals surface area contributed by atoms with Gasteiger partial charge in [0.25, 0.3) is 5.91 Å². The Hall–Kier alpha value is -2.92. The van der Waals surface area contributed by atoms with Gasteiger partial charge in [0.15, 0.2) is 0 Å². The lowest BCUT2D eigenvalue weighted by Gasteiger charge is -2.42. The average Bonchev–Trinajstić information content (AvgIpc) is 2.74. The molecule has 158 valence electrons. The quantitative estimate of drug-likeness (QED) is 0.388. The zero-order valence-corrected chi connectivity index (χ0v) is 17.0. The Morgan fingerprint density at radius 3 is 2.63 bits per heavy atom. The van der Waals surface area contributed by atoms with Gasteiger partial charge in [-0.2, -0.15) is 5.26 Å². The van der Waals surface area contributed by atoms with Crippen LogP contribution >= 0.6 is 0 Å². The molecule has 1 heterocycles. The van der Waals surface area contributed by atoms with Crippen molar-refractivity contribution in [2.45, 2.75) is 38.0 Å². The molecule has 1 fully saturated rings. The zero-order chi connectivity index (χ0) is 21.7. The Bertz CT molecular complexity index is 980. The fraction of sp³-hybridized carbons (Fsp3) is 0.391. The van der Waals surface area contributed by atoms with Gasteiger partial charge in [-0.15, -0.1) is 0 Å². The van der Waals surface area contributed by atoms with Gasteiger partial charge in [0.1, 0.15) is 17.7 Å². The molecule has 2 aromatic rings. The SMILES string of the molecule is CCC1CCN1c1ccc2cc(/C=C(\C#N)C(=O)NCC(O)C(O)CO)ccc2c1. The summed E-state index contributed by atoms with van der Waals surface area (Å²) in [4.78, 5) is 14.6. The molecule has 3 rings (SSSR count). The van der Waals surface area contributed by atoms with Crippen molar-refractivity contribution in [1.29, 1.82) is 5.26 Å². The van der Waals surface area contributed by atoms with Crippen LogP contribution in [0.1, 0.15) is 25.3 Å². The van der Waals surface area contributed by atoms with E-state index in [1.165, 1.54) is 18.2 Å². The van der Waals surface area contributed by atoms with Gasteiger partial charge in [0.05, 0.1) is 12.7 Å². The van der Waals surface area contributed by atoms with Crippen molar-refractivity contribution in [2.75, 3.05) is 24.6 Å². The van der Waals surface area contributed by atoms with Crippen LogP contribution in [0.4, 0.5) is 5.69 Å². The highest BCUT2D eigenvalue weighted by atomic mass is 16.4. The summed E-state index contributed by atoms with van der Waals surface area (Å²) in [6, 6.07) is 14.5. The molecule has 30 heavy (non-hydrogen) atoms. The maximum atomic E-state index is 12.2. The molecule has 0 aromatic heterocycles. The van der Waals surface area contributed by atoms with E-state index >= 15 is 0 Å². The number of hydrogen-bond acceptors (Lipinski definition) is 6. The van der Waals surface area contributed by atoms with Gasteiger partial charge >= 0.3 is 0 Å². The van der Waals surface area contributed by atoms with Crippen molar-refractivity contribution in [3.05, 3.63) is 47.5 Å². The van der Waals surface area contributed by atoms with Crippen molar-refractivity contribution in [1.82, 2.24) is 5.32 Å². The van der Waals surface area contributed by atoms with E-state index in [4.69, 9.17) is 5.11 Å². The first-order chi connectivity index (χ1) is 14.5. The van der Waals surface area contributed by atoms with Crippen molar-refractivity contribution in [3.63, 3.8) is 0 Å². The Morgan fingerprint density at radius 1 is 1.27 bits per heavy atom. The summed E-state index contributed by atoms with van der Waals surface area (Å²) in [6.45, 7) is 2.40. The van der Waals surface area contributed by atoms with Crippen LogP contribution in [-0.2, 0) is 4.79 Å². The minimum absolute atomic E-state index is 0.108. The molecule has 0 saturated carbocycles. The number of aliphatic hydroxyl groups is 3. The molecule has 1 saturated heterocycles. The molecule has 2 aromatic carbocycles. The van der Waals surface area contributed by atoms with Crippen LogP contribution in [0.5, 0.6) is 0 Å². The summed E-state index contributed by atoms with van der Waals surface area (Å²) >= 11 is 0. The molecule has 3 unspecified atom stereocenters. The number of aliphatic hydroxyl groups excluding tert-OH is 3. The first kappa shape index (κ1) is 21.8. The monoisotopic (exact) mass is 409 g/mol. The second-order valence-corrected chi connectivity index (χ2v) is 7.53. The van der Waals surface area contributed by atoms with Crippen LogP contribution < -0.4 is 10.2 Å². The van der Waals surface area contributed by atoms with Gasteiger partial charge in [-0.25, -0.2) is 0 Å². The predicted octanol–water partition coefficient (Wildman–Crippen LogP) is 1.57. The van der Waals surface area contributed by atoms with Crippen LogP contribution in [0.2, 0.25) is 0 Å². The van der Waals surface area contributed by atoms with E-state index in [1.807, 2.05) is 30.3 Å². The highest BCUT2D eigenvalue weighted by Gasteiger charge is 2.26. The summed E-state index contributed by atoms with van der Waals surface area (Å²) in [7, 11) is 0. The lowest BCUT2D eigenvalue weighted by molar-refractivity contribution is -0.118. The van der Waals surface area contributed by atoms with Crippen LogP contribution in [0.25, 0.3) is 16.8 Å². The highest BCUT2D eigenvalue weighted by Crippen LogP contribution is 2.31. The fourth-order valence-electron chi connectivity index (χ4n) is 3.59. The second kappa shape index (κ2) is 9.72. The topological polar surface area (TPSA) is 117 Å². The molecule has 3 atom stereocenters. The van der Waals surface area contributed by atoms with Crippen LogP contribution in [-0.4, -0.2) is 59.2 Å². The maximum Gasteiger partial charge on any atom is 0.262 e. The molecule has 1 aliphatic rings. The highest BCUT2D eigenvalue weighted by molar-refractivity contribution is 6.02. The number of carbonyl (C=O) groups is 1. The number of amides is 1. The standard InChI is InChI=1S/C23H27N3O4/c1-2-19-7-8-26(19)20-6-5-16-9-15(3-4-17(16)11-20)10-18(12-24)23(30)25-13-21(28)22(29)14-27/h3-6,9-11,19,21-22,27-29H,2,7-8,13-14H2,1H3,(H,25,30)/b18-10+. The van der Waals surface area contributed by atoms with Gasteiger partial charge in [0.2, 0.25) is 0 Å². The third kappa shape index (κ3) is 4.79. The third-order valence-corrected chi connectivity index (χ3v) is 5.57. The number of fused-ring (bicyclic) bond motifs is 1. The van der Waals surface area contributed by atoms with E-state index in [1.54, 1.807) is 0 Å². The Morgan fingerprint density at radius 2 is 2.00 bits per heavy atom. The van der Waals surface area contributed by atoms with E-state index < -0.39 is 24.7 Å². The Kier molecular flexibility index (Phi) is 7.06. The first-order valence-electron chi connectivity index (χ1n) is 10.1. The Balaban J connectivity index is 1.74. The number of nitrogens with zero attached hydrogens (tertiary/aromatic N) is 2. The summed E-state index contributed by atoms with van der Waals surface area (Å²) in [5.74, 6) is -0.652. The van der Waals surface area contributed by atoms with Crippen LogP contribution in [0, 0.1) is 11.3 Å². The number of hydrogen-bond donors (Lipinski definition) is 4. The first-order valence-corrected chi connectivity index (χ1v) is 10.1. The molecule has 0 radical (unpaired) electrons. The smallest absolute Gasteiger partial charge is 0.262 e. The lowest BCUT2D eigenvalue weighted by atomic mass is 9.98. The van der Waals surface area contributed by atoms with Crippen molar-refractivity contribution in [3.8, 4) is 6.07 Å². The summed E-state index contributed by atoms with van der Waals surface area (Å²) in [5, 5.41) is 41.6. The number of carbonyl (C=O) groups excluding carboxylic acids is 1. The molecule has 0 aliphatic carbocycles. The molecule has 7 nitrogen and oxygen atoms in total. The molecule has 1 amide bonds. The zero-order valence-electron chi connectivity index (χ0n) is 17.0. The number of anilines is 1. The third-order valence-electron chi connectivity index (χ3n) is 5.57. The van der Waals surface area contributed by atoms with Crippen LogP contribution in [0.15, 0.2) is 42.0 Å². The van der Waals surface area contributed by atoms with Gasteiger partial charge < -0.3 is 25.5 Å². The minimum atomic E-state index is -1.35.